The number of aliphatic hydroxyl groups is 4. The van der Waals surface area contributed by atoms with Crippen LogP contribution in [-0.4, -0.2) is 64.8 Å². The first kappa shape index (κ1) is 10.8. The molecule has 0 radical (unpaired) electrons. The summed E-state index contributed by atoms with van der Waals surface area (Å²) in [6.45, 7) is -0.440. The maximum Gasteiger partial charge on any atom is 0.186 e. The molecule has 0 amide bonds. The molecule has 1 saturated heterocycles. The molecule has 1 aliphatic heterocycles. The zero-order valence-corrected chi connectivity index (χ0v) is 7.20. The Balaban J connectivity index is 2.66. The molecule has 1 rings (SSSR count). The molecule has 6 nitrogen and oxygen atoms in total. The molecule has 0 unspecified atom stereocenters. The van der Waals surface area contributed by atoms with E-state index in [1.54, 1.807) is 0 Å². The van der Waals surface area contributed by atoms with E-state index in [-0.39, 0.29) is 0 Å². The van der Waals surface area contributed by atoms with Crippen LogP contribution in [0.2, 0.25) is 0 Å². The van der Waals surface area contributed by atoms with E-state index in [4.69, 9.17) is 14.6 Å². The van der Waals surface area contributed by atoms with Gasteiger partial charge in [-0.2, -0.15) is 0 Å². The minimum Gasteiger partial charge on any atom is -0.394 e. The van der Waals surface area contributed by atoms with Crippen LogP contribution >= 0.6 is 0 Å². The molecule has 4 N–H and O–H groups in total. The van der Waals surface area contributed by atoms with E-state index in [2.05, 4.69) is 0 Å². The van der Waals surface area contributed by atoms with Gasteiger partial charge in [0.05, 0.1) is 6.61 Å². The van der Waals surface area contributed by atoms with Crippen molar-refractivity contribution in [2.24, 2.45) is 0 Å². The average Bonchev–Trinajstić information content (AvgIpc) is 2.15. The third kappa shape index (κ3) is 1.98. The van der Waals surface area contributed by atoms with Crippen LogP contribution in [0.4, 0.5) is 0 Å². The van der Waals surface area contributed by atoms with Gasteiger partial charge in [-0.25, -0.2) is 0 Å². The average molecular weight is 196 g/mol. The van der Waals surface area contributed by atoms with Crippen LogP contribution in [0.5, 0.6) is 0 Å². The summed E-state index contributed by atoms with van der Waals surface area (Å²) in [5.41, 5.74) is 0. The summed E-state index contributed by atoms with van der Waals surface area (Å²) >= 11 is 0. The van der Waals surface area contributed by atoms with Crippen molar-refractivity contribution in [2.75, 3.05) is 13.7 Å². The summed E-state index contributed by atoms with van der Waals surface area (Å²) in [5, 5.41) is 36.6. The summed E-state index contributed by atoms with van der Waals surface area (Å²) in [7, 11) is 1.30. The number of aliphatic hydroxyl groups excluding tert-OH is 4. The number of hydrogen-bond donors (Lipinski definition) is 4. The van der Waals surface area contributed by atoms with Gasteiger partial charge < -0.3 is 29.9 Å². The normalized spacial score (nSPS) is 46.4. The maximum atomic E-state index is 9.28. The number of ether oxygens (including phenoxy) is 2. The fourth-order valence-electron chi connectivity index (χ4n) is 1.26. The van der Waals surface area contributed by atoms with Crippen LogP contribution in [0.15, 0.2) is 0 Å². The Kier molecular flexibility index (Phi) is 3.60. The first-order valence-electron chi connectivity index (χ1n) is 3.95. The summed E-state index contributed by atoms with van der Waals surface area (Å²) in [5.74, 6) is 0. The number of rotatable bonds is 2. The Hall–Kier alpha value is -0.240. The Labute approximate surface area is 75.3 Å². The second kappa shape index (κ2) is 4.32. The largest absolute Gasteiger partial charge is 0.394 e. The van der Waals surface area contributed by atoms with Crippen LogP contribution in [0.3, 0.4) is 0 Å². The molecule has 1 heterocycles. The maximum absolute atomic E-state index is 9.28. The molecule has 0 saturated carbocycles. The van der Waals surface area contributed by atoms with E-state index in [1.807, 2.05) is 0 Å². The summed E-state index contributed by atoms with van der Waals surface area (Å²) < 4.78 is 9.65. The molecule has 78 valence electrons. The predicted molar refractivity (Wildman–Crippen MR) is 40.8 cm³/mol. The van der Waals surface area contributed by atoms with Crippen molar-refractivity contribution in [2.45, 2.75) is 30.7 Å². The molecule has 13 heavy (non-hydrogen) atoms. The Morgan fingerprint density at radius 1 is 1.31 bits per heavy atom. The molecule has 1 aliphatic rings. The standard InChI is InChI=1S/C7H14O6/c1-12-7-6(11)5(10)4(9)3(2-8)13-7/h3-11H,2H2,1H3/t3-,4-,5+,6-,7+/m1/s1/i7+2. The SMILES string of the molecule is CO[14C@H]1O[C@H](CO)[C@@H](O)[C@H](O)[C@H]1O. The van der Waals surface area contributed by atoms with Crippen molar-refractivity contribution >= 4 is 0 Å². The van der Waals surface area contributed by atoms with Crippen molar-refractivity contribution in [3.05, 3.63) is 0 Å². The fourth-order valence-corrected chi connectivity index (χ4v) is 1.26. The van der Waals surface area contributed by atoms with Crippen LogP contribution in [-0.2, 0) is 9.47 Å². The van der Waals surface area contributed by atoms with E-state index in [0.29, 0.717) is 0 Å². The van der Waals surface area contributed by atoms with Crippen LogP contribution < -0.4 is 0 Å². The van der Waals surface area contributed by atoms with Gasteiger partial charge in [-0.15, -0.1) is 0 Å². The van der Waals surface area contributed by atoms with E-state index < -0.39 is 37.3 Å². The van der Waals surface area contributed by atoms with Crippen LogP contribution in [0.1, 0.15) is 0 Å². The van der Waals surface area contributed by atoms with Gasteiger partial charge in [-0.3, -0.25) is 0 Å². The lowest BCUT2D eigenvalue weighted by molar-refractivity contribution is -0.294. The molecule has 1 fully saturated rings. The van der Waals surface area contributed by atoms with Crippen molar-refractivity contribution in [1.82, 2.24) is 0 Å². The molecule has 0 bridgehead atoms. The van der Waals surface area contributed by atoms with Crippen LogP contribution in [0, 0.1) is 0 Å². The highest BCUT2D eigenvalue weighted by Gasteiger charge is 2.43. The van der Waals surface area contributed by atoms with Crippen molar-refractivity contribution < 1.29 is 29.9 Å². The van der Waals surface area contributed by atoms with E-state index in [9.17, 15) is 15.3 Å². The zero-order valence-electron chi connectivity index (χ0n) is 7.20. The quantitative estimate of drug-likeness (QED) is 0.387. The smallest absolute Gasteiger partial charge is 0.186 e. The topological polar surface area (TPSA) is 99.4 Å². The summed E-state index contributed by atoms with van der Waals surface area (Å²) in [6, 6.07) is 0. The lowest BCUT2D eigenvalue weighted by atomic mass is 10.1. The van der Waals surface area contributed by atoms with Gasteiger partial charge in [0.15, 0.2) is 6.29 Å². The first-order valence-corrected chi connectivity index (χ1v) is 3.95. The molecule has 0 aromatic rings. The third-order valence-electron chi connectivity index (χ3n) is 2.08. The molecule has 0 aromatic carbocycles. The Morgan fingerprint density at radius 3 is 2.38 bits per heavy atom. The lowest BCUT2D eigenvalue weighted by Crippen LogP contribution is -2.58. The van der Waals surface area contributed by atoms with Gasteiger partial charge in [-0.05, 0) is 0 Å². The van der Waals surface area contributed by atoms with Gasteiger partial charge >= 0.3 is 0 Å². The van der Waals surface area contributed by atoms with E-state index >= 15 is 0 Å². The third-order valence-corrected chi connectivity index (χ3v) is 2.08. The Bertz CT molecular complexity index is 143. The number of methoxy groups -OCH3 is 1. The van der Waals surface area contributed by atoms with Gasteiger partial charge in [-0.1, -0.05) is 0 Å². The minimum atomic E-state index is -1.36. The summed E-state index contributed by atoms with van der Waals surface area (Å²) in [4.78, 5) is 0. The van der Waals surface area contributed by atoms with Crippen LogP contribution in [0.25, 0.3) is 0 Å². The van der Waals surface area contributed by atoms with Gasteiger partial charge in [0.25, 0.3) is 0 Å². The van der Waals surface area contributed by atoms with Crippen molar-refractivity contribution in [3.63, 3.8) is 0 Å². The molecule has 6 heteroatoms. The number of hydrogen-bond acceptors (Lipinski definition) is 6. The second-order valence-electron chi connectivity index (χ2n) is 2.93. The van der Waals surface area contributed by atoms with Crippen molar-refractivity contribution in [3.8, 4) is 0 Å². The molecular formula is C7H14O6. The van der Waals surface area contributed by atoms with Gasteiger partial charge in [0.2, 0.25) is 0 Å². The first-order chi connectivity index (χ1) is 6.11. The van der Waals surface area contributed by atoms with E-state index in [1.165, 1.54) is 7.11 Å². The highest BCUT2D eigenvalue weighted by molar-refractivity contribution is 4.88. The van der Waals surface area contributed by atoms with Gasteiger partial charge in [0.1, 0.15) is 24.4 Å². The Morgan fingerprint density at radius 2 is 1.92 bits per heavy atom. The minimum absolute atomic E-state index is 0.440. The molecule has 0 aromatic heterocycles. The molecule has 0 spiro atoms. The predicted octanol–water partition coefficient (Wildman–Crippen LogP) is -2.57. The second-order valence-corrected chi connectivity index (χ2v) is 2.93. The molecule has 0 aliphatic carbocycles. The van der Waals surface area contributed by atoms with Gasteiger partial charge in [0, 0.05) is 7.11 Å². The summed E-state index contributed by atoms with van der Waals surface area (Å²) in [6.07, 6.45) is -5.91. The highest BCUT2D eigenvalue weighted by atomic mass is 17.0. The van der Waals surface area contributed by atoms with E-state index in [0.717, 1.165) is 0 Å². The fraction of sp³-hybridized carbons (Fsp3) is 1.00. The molecular weight excluding hydrogens is 182 g/mol. The molecule has 5 atom stereocenters. The zero-order chi connectivity index (χ0) is 10.0. The highest BCUT2D eigenvalue weighted by Crippen LogP contribution is 2.20. The van der Waals surface area contributed by atoms with Crippen molar-refractivity contribution in [1.29, 1.82) is 0 Å². The monoisotopic (exact) mass is 196 g/mol. The lowest BCUT2D eigenvalue weighted by Gasteiger charge is -2.38.